The number of aliphatic hydroxyl groups is 1. The van der Waals surface area contributed by atoms with Crippen LogP contribution in [0.25, 0.3) is 6.08 Å². The van der Waals surface area contributed by atoms with E-state index in [0.717, 1.165) is 15.6 Å². The van der Waals surface area contributed by atoms with E-state index < -0.39 is 0 Å². The molecule has 0 aliphatic heterocycles. The third-order valence-corrected chi connectivity index (χ3v) is 2.92. The zero-order chi connectivity index (χ0) is 12.8. The van der Waals surface area contributed by atoms with Crippen LogP contribution in [0, 0.1) is 6.92 Å². The number of hydrogen-bond acceptors (Lipinski definition) is 2. The van der Waals surface area contributed by atoms with E-state index >= 15 is 0 Å². The number of benzene rings is 1. The monoisotopic (exact) mass is 297 g/mol. The van der Waals surface area contributed by atoms with Gasteiger partial charge in [0.15, 0.2) is 0 Å². The standard InChI is InChI=1S/C13H16BrNO2/c1-9-3-4-11(12(14)7-9)5-6-13(17)15-10(2)8-16/h3-7,10,16H,8H2,1-2H3,(H,15,17)/t10-/m0/s1. The molecule has 17 heavy (non-hydrogen) atoms. The molecule has 3 nitrogen and oxygen atoms in total. The smallest absolute Gasteiger partial charge is 0.244 e. The van der Waals surface area contributed by atoms with Crippen LogP contribution in [0.15, 0.2) is 28.7 Å². The zero-order valence-electron chi connectivity index (χ0n) is 9.90. The molecule has 1 amide bonds. The average molecular weight is 298 g/mol. The van der Waals surface area contributed by atoms with Crippen LogP contribution in [0.4, 0.5) is 0 Å². The van der Waals surface area contributed by atoms with Crippen molar-refractivity contribution in [3.8, 4) is 0 Å². The summed E-state index contributed by atoms with van der Waals surface area (Å²) in [6.07, 6.45) is 3.20. The van der Waals surface area contributed by atoms with Crippen LogP contribution in [0.5, 0.6) is 0 Å². The highest BCUT2D eigenvalue weighted by atomic mass is 79.9. The fourth-order valence-electron chi connectivity index (χ4n) is 1.27. The minimum absolute atomic E-state index is 0.0617. The van der Waals surface area contributed by atoms with Crippen molar-refractivity contribution in [1.82, 2.24) is 5.32 Å². The lowest BCUT2D eigenvalue weighted by molar-refractivity contribution is -0.117. The molecule has 1 aromatic carbocycles. The summed E-state index contributed by atoms with van der Waals surface area (Å²) in [5.41, 5.74) is 2.11. The van der Waals surface area contributed by atoms with Gasteiger partial charge < -0.3 is 10.4 Å². The average Bonchev–Trinajstić information content (AvgIpc) is 2.27. The first-order valence-corrected chi connectivity index (χ1v) is 6.18. The molecule has 0 aromatic heterocycles. The molecular weight excluding hydrogens is 282 g/mol. The summed E-state index contributed by atoms with van der Waals surface area (Å²) in [7, 11) is 0. The molecule has 92 valence electrons. The summed E-state index contributed by atoms with van der Waals surface area (Å²) in [5.74, 6) is -0.209. The number of hydrogen-bond donors (Lipinski definition) is 2. The molecule has 0 aliphatic carbocycles. The Kier molecular flexibility index (Phi) is 5.38. The largest absolute Gasteiger partial charge is 0.394 e. The molecule has 0 saturated heterocycles. The van der Waals surface area contributed by atoms with Crippen LogP contribution in [0.3, 0.4) is 0 Å². The second kappa shape index (κ2) is 6.57. The second-order valence-corrected chi connectivity index (χ2v) is 4.80. The molecule has 0 fully saturated rings. The molecule has 0 radical (unpaired) electrons. The van der Waals surface area contributed by atoms with Crippen LogP contribution in [0.2, 0.25) is 0 Å². The van der Waals surface area contributed by atoms with Gasteiger partial charge in [-0.1, -0.05) is 28.1 Å². The molecule has 1 rings (SSSR count). The molecule has 0 heterocycles. The lowest BCUT2D eigenvalue weighted by Gasteiger charge is -2.07. The predicted octanol–water partition coefficient (Wildman–Crippen LogP) is 2.27. The molecular formula is C13H16BrNO2. The van der Waals surface area contributed by atoms with Crippen molar-refractivity contribution in [2.75, 3.05) is 6.61 Å². The van der Waals surface area contributed by atoms with Crippen LogP contribution in [-0.4, -0.2) is 23.7 Å². The lowest BCUT2D eigenvalue weighted by atomic mass is 10.1. The lowest BCUT2D eigenvalue weighted by Crippen LogP contribution is -2.33. The van der Waals surface area contributed by atoms with Gasteiger partial charge >= 0.3 is 0 Å². The van der Waals surface area contributed by atoms with Crippen molar-refractivity contribution in [1.29, 1.82) is 0 Å². The third kappa shape index (κ3) is 4.71. The summed E-state index contributed by atoms with van der Waals surface area (Å²) >= 11 is 3.44. The summed E-state index contributed by atoms with van der Waals surface area (Å²) in [6.45, 7) is 3.69. The van der Waals surface area contributed by atoms with Gasteiger partial charge in [-0.05, 0) is 37.1 Å². The molecule has 0 bridgehead atoms. The van der Waals surface area contributed by atoms with Gasteiger partial charge in [-0.3, -0.25) is 4.79 Å². The topological polar surface area (TPSA) is 49.3 Å². The molecule has 0 spiro atoms. The van der Waals surface area contributed by atoms with E-state index in [2.05, 4.69) is 21.2 Å². The zero-order valence-corrected chi connectivity index (χ0v) is 11.5. The van der Waals surface area contributed by atoms with E-state index in [4.69, 9.17) is 5.11 Å². The Balaban J connectivity index is 2.67. The Morgan fingerprint density at radius 1 is 1.59 bits per heavy atom. The van der Waals surface area contributed by atoms with E-state index in [-0.39, 0.29) is 18.6 Å². The highest BCUT2D eigenvalue weighted by Crippen LogP contribution is 2.19. The first-order valence-electron chi connectivity index (χ1n) is 5.38. The Morgan fingerprint density at radius 2 is 2.29 bits per heavy atom. The van der Waals surface area contributed by atoms with Gasteiger partial charge in [-0.2, -0.15) is 0 Å². The predicted molar refractivity (Wildman–Crippen MR) is 72.6 cm³/mol. The van der Waals surface area contributed by atoms with Crippen molar-refractivity contribution in [3.63, 3.8) is 0 Å². The van der Waals surface area contributed by atoms with Crippen molar-refractivity contribution < 1.29 is 9.90 Å². The van der Waals surface area contributed by atoms with Crippen LogP contribution >= 0.6 is 15.9 Å². The minimum atomic E-state index is -0.228. The first kappa shape index (κ1) is 13.9. The third-order valence-electron chi connectivity index (χ3n) is 2.23. The maximum absolute atomic E-state index is 11.4. The number of carbonyl (C=O) groups is 1. The van der Waals surface area contributed by atoms with Crippen molar-refractivity contribution >= 4 is 27.9 Å². The van der Waals surface area contributed by atoms with Gasteiger partial charge in [0, 0.05) is 16.6 Å². The summed E-state index contributed by atoms with van der Waals surface area (Å²) in [5, 5.41) is 11.4. The quantitative estimate of drug-likeness (QED) is 0.838. The Labute approximate surface area is 110 Å². The molecule has 0 unspecified atom stereocenters. The molecule has 2 N–H and O–H groups in total. The van der Waals surface area contributed by atoms with E-state index in [1.54, 1.807) is 13.0 Å². The first-order chi connectivity index (χ1) is 8.02. The summed E-state index contributed by atoms with van der Waals surface area (Å²) < 4.78 is 0.955. The number of rotatable bonds is 4. The van der Waals surface area contributed by atoms with E-state index in [0.29, 0.717) is 0 Å². The Hall–Kier alpha value is -1.13. The molecule has 4 heteroatoms. The summed E-state index contributed by atoms with van der Waals surface area (Å²) in [4.78, 5) is 11.4. The highest BCUT2D eigenvalue weighted by Gasteiger charge is 2.02. The van der Waals surface area contributed by atoms with Gasteiger partial charge in [0.2, 0.25) is 5.91 Å². The SMILES string of the molecule is Cc1ccc(C=CC(=O)N[C@@H](C)CO)c(Br)c1. The van der Waals surface area contributed by atoms with Crippen LogP contribution in [-0.2, 0) is 4.79 Å². The van der Waals surface area contributed by atoms with Crippen molar-refractivity contribution in [2.45, 2.75) is 19.9 Å². The van der Waals surface area contributed by atoms with E-state index in [1.807, 2.05) is 25.1 Å². The maximum Gasteiger partial charge on any atom is 0.244 e. The van der Waals surface area contributed by atoms with E-state index in [9.17, 15) is 4.79 Å². The second-order valence-electron chi connectivity index (χ2n) is 3.95. The maximum atomic E-state index is 11.4. The number of aryl methyl sites for hydroxylation is 1. The van der Waals surface area contributed by atoms with Crippen molar-refractivity contribution in [2.24, 2.45) is 0 Å². The fourth-order valence-corrected chi connectivity index (χ4v) is 1.89. The van der Waals surface area contributed by atoms with Gasteiger partial charge in [0.25, 0.3) is 0 Å². The normalized spacial score (nSPS) is 12.7. The molecule has 0 saturated carbocycles. The minimum Gasteiger partial charge on any atom is -0.394 e. The van der Waals surface area contributed by atoms with Gasteiger partial charge in [0.05, 0.1) is 6.61 Å². The van der Waals surface area contributed by atoms with E-state index in [1.165, 1.54) is 6.08 Å². The van der Waals surface area contributed by atoms with Crippen molar-refractivity contribution in [3.05, 3.63) is 39.9 Å². The molecule has 0 aliphatic rings. The Morgan fingerprint density at radius 3 is 2.88 bits per heavy atom. The number of aliphatic hydroxyl groups excluding tert-OH is 1. The fraction of sp³-hybridized carbons (Fsp3) is 0.308. The number of carbonyl (C=O) groups excluding carboxylic acids is 1. The van der Waals surface area contributed by atoms with Crippen LogP contribution < -0.4 is 5.32 Å². The van der Waals surface area contributed by atoms with Crippen LogP contribution in [0.1, 0.15) is 18.1 Å². The summed E-state index contributed by atoms with van der Waals surface area (Å²) in [6, 6.07) is 5.69. The molecule has 1 atom stereocenters. The Bertz CT molecular complexity index is 429. The number of nitrogens with one attached hydrogen (secondary N) is 1. The molecule has 1 aromatic rings. The highest BCUT2D eigenvalue weighted by molar-refractivity contribution is 9.10. The van der Waals surface area contributed by atoms with Gasteiger partial charge in [0.1, 0.15) is 0 Å². The number of amides is 1. The van der Waals surface area contributed by atoms with Gasteiger partial charge in [-0.15, -0.1) is 0 Å². The van der Waals surface area contributed by atoms with Gasteiger partial charge in [-0.25, -0.2) is 0 Å². The number of halogens is 1.